The Morgan fingerprint density at radius 3 is 1.86 bits per heavy atom. The fourth-order valence-electron chi connectivity index (χ4n) is 1.48. The number of hydrogen-bond donors (Lipinski definition) is 1. The van der Waals surface area contributed by atoms with Gasteiger partial charge in [-0.2, -0.15) is 0 Å². The van der Waals surface area contributed by atoms with Crippen LogP contribution >= 0.6 is 0 Å². The van der Waals surface area contributed by atoms with Gasteiger partial charge in [0.05, 0.1) is 5.60 Å². The third kappa shape index (κ3) is 0.290. The summed E-state index contributed by atoms with van der Waals surface area (Å²) in [7, 11) is 0. The Bertz CT molecular complexity index is 109. The molecule has 0 saturated heterocycles. The van der Waals surface area contributed by atoms with Crippen molar-refractivity contribution in [3.63, 3.8) is 0 Å². The predicted octanol–water partition coefficient (Wildman–Crippen LogP) is 0.921. The fraction of sp³-hybridized carbons (Fsp3) is 1.00. The minimum atomic E-state index is -0.243. The molecule has 40 valence electrons. The zero-order valence-corrected chi connectivity index (χ0v) is 4.57. The first-order chi connectivity index (χ1) is 3.16. The summed E-state index contributed by atoms with van der Waals surface area (Å²) < 4.78 is 0. The molecule has 0 radical (unpaired) electrons. The Kier molecular flexibility index (Phi) is 0.365. The standard InChI is InChI=1S/C6H10O/c1-5(7)4-6(5)2-3-6/h7H,2-4H2,1H3. The number of hydrogen-bond acceptors (Lipinski definition) is 1. The van der Waals surface area contributed by atoms with Gasteiger partial charge in [0.15, 0.2) is 0 Å². The van der Waals surface area contributed by atoms with Crippen LogP contribution in [-0.2, 0) is 0 Å². The lowest BCUT2D eigenvalue weighted by Crippen LogP contribution is -2.02. The third-order valence-electron chi connectivity index (χ3n) is 2.55. The van der Waals surface area contributed by atoms with Crippen LogP contribution in [0.25, 0.3) is 0 Å². The summed E-state index contributed by atoms with van der Waals surface area (Å²) in [5.41, 5.74) is 0.208. The molecule has 2 rings (SSSR count). The maximum absolute atomic E-state index is 9.22. The van der Waals surface area contributed by atoms with Crippen LogP contribution in [0.2, 0.25) is 0 Å². The molecule has 2 saturated carbocycles. The van der Waals surface area contributed by atoms with Gasteiger partial charge >= 0.3 is 0 Å². The Labute approximate surface area is 43.3 Å². The van der Waals surface area contributed by atoms with Crippen LogP contribution in [0, 0.1) is 5.41 Å². The minimum absolute atomic E-state index is 0.243. The highest BCUT2D eigenvalue weighted by atomic mass is 16.3. The summed E-state index contributed by atoms with van der Waals surface area (Å²) in [5, 5.41) is 9.22. The van der Waals surface area contributed by atoms with E-state index in [1.54, 1.807) is 0 Å². The lowest BCUT2D eigenvalue weighted by Gasteiger charge is -1.94. The van der Waals surface area contributed by atoms with Crippen molar-refractivity contribution in [2.45, 2.75) is 31.8 Å². The molecule has 2 fully saturated rings. The normalized spacial score (nSPS) is 52.3. The van der Waals surface area contributed by atoms with Crippen molar-refractivity contribution >= 4 is 0 Å². The molecule has 7 heavy (non-hydrogen) atoms. The van der Waals surface area contributed by atoms with Gasteiger partial charge in [-0.05, 0) is 26.2 Å². The average molecular weight is 98.1 g/mol. The molecule has 2 aliphatic rings. The molecule has 1 heteroatoms. The summed E-state index contributed by atoms with van der Waals surface area (Å²) in [6.07, 6.45) is 3.62. The van der Waals surface area contributed by atoms with Crippen LogP contribution in [0.5, 0.6) is 0 Å². The lowest BCUT2D eigenvalue weighted by molar-refractivity contribution is 0.147. The highest BCUT2D eigenvalue weighted by Gasteiger charge is 2.70. The van der Waals surface area contributed by atoms with Crippen LogP contribution < -0.4 is 0 Å². The van der Waals surface area contributed by atoms with Crippen LogP contribution in [0.3, 0.4) is 0 Å². The monoisotopic (exact) mass is 98.1 g/mol. The smallest absolute Gasteiger partial charge is 0.0683 e. The summed E-state index contributed by atoms with van der Waals surface area (Å²) in [6.45, 7) is 1.94. The minimum Gasteiger partial charge on any atom is -0.390 e. The summed E-state index contributed by atoms with van der Waals surface area (Å²) in [5.74, 6) is 0. The molecule has 0 aromatic rings. The highest BCUT2D eigenvalue weighted by Crippen LogP contribution is 2.72. The van der Waals surface area contributed by atoms with Crippen molar-refractivity contribution in [2.24, 2.45) is 5.41 Å². The first kappa shape index (κ1) is 3.90. The van der Waals surface area contributed by atoms with Crippen molar-refractivity contribution in [2.75, 3.05) is 0 Å². The molecular formula is C6H10O. The van der Waals surface area contributed by atoms with Gasteiger partial charge in [-0.15, -0.1) is 0 Å². The van der Waals surface area contributed by atoms with Gasteiger partial charge < -0.3 is 5.11 Å². The number of aliphatic hydroxyl groups is 1. The highest BCUT2D eigenvalue weighted by molar-refractivity contribution is 5.21. The maximum atomic E-state index is 9.22. The molecule has 1 unspecified atom stereocenters. The number of rotatable bonds is 0. The Balaban J connectivity index is 2.22. The van der Waals surface area contributed by atoms with Crippen LogP contribution in [0.15, 0.2) is 0 Å². The molecule has 0 aliphatic heterocycles. The maximum Gasteiger partial charge on any atom is 0.0683 e. The second-order valence-corrected chi connectivity index (χ2v) is 3.23. The molecule has 0 bridgehead atoms. The van der Waals surface area contributed by atoms with E-state index in [0.29, 0.717) is 5.41 Å². The van der Waals surface area contributed by atoms with Crippen LogP contribution in [0.1, 0.15) is 26.2 Å². The molecule has 1 N–H and O–H groups in total. The van der Waals surface area contributed by atoms with Crippen molar-refractivity contribution < 1.29 is 5.11 Å². The van der Waals surface area contributed by atoms with Crippen LogP contribution in [-0.4, -0.2) is 10.7 Å². The van der Waals surface area contributed by atoms with Gasteiger partial charge in [-0.25, -0.2) is 0 Å². The first-order valence-electron chi connectivity index (χ1n) is 2.89. The molecule has 0 aromatic carbocycles. The second kappa shape index (κ2) is 0.655. The van der Waals surface area contributed by atoms with Gasteiger partial charge in [0.1, 0.15) is 0 Å². The lowest BCUT2D eigenvalue weighted by atomic mass is 10.3. The molecule has 1 atom stereocenters. The van der Waals surface area contributed by atoms with E-state index in [4.69, 9.17) is 0 Å². The SMILES string of the molecule is CC1(O)CC12CC2. The summed E-state index contributed by atoms with van der Waals surface area (Å²) in [6, 6.07) is 0. The molecule has 0 heterocycles. The van der Waals surface area contributed by atoms with Gasteiger partial charge in [0.2, 0.25) is 0 Å². The summed E-state index contributed by atoms with van der Waals surface area (Å²) >= 11 is 0. The molecular weight excluding hydrogens is 88.1 g/mol. The summed E-state index contributed by atoms with van der Waals surface area (Å²) in [4.78, 5) is 0. The third-order valence-corrected chi connectivity index (χ3v) is 2.55. The zero-order valence-electron chi connectivity index (χ0n) is 4.57. The Hall–Kier alpha value is -0.0400. The van der Waals surface area contributed by atoms with E-state index in [-0.39, 0.29) is 5.60 Å². The molecule has 0 amide bonds. The Morgan fingerprint density at radius 1 is 1.43 bits per heavy atom. The second-order valence-electron chi connectivity index (χ2n) is 3.23. The average Bonchev–Trinajstić information content (AvgIpc) is 2.22. The quantitative estimate of drug-likeness (QED) is 0.477. The van der Waals surface area contributed by atoms with E-state index >= 15 is 0 Å². The van der Waals surface area contributed by atoms with Crippen molar-refractivity contribution in [1.29, 1.82) is 0 Å². The van der Waals surface area contributed by atoms with Gasteiger partial charge in [-0.1, -0.05) is 0 Å². The van der Waals surface area contributed by atoms with E-state index in [9.17, 15) is 5.11 Å². The van der Waals surface area contributed by atoms with E-state index in [2.05, 4.69) is 0 Å². The molecule has 0 aromatic heterocycles. The van der Waals surface area contributed by atoms with Crippen molar-refractivity contribution in [3.8, 4) is 0 Å². The predicted molar refractivity (Wildman–Crippen MR) is 26.9 cm³/mol. The topological polar surface area (TPSA) is 20.2 Å². The first-order valence-corrected chi connectivity index (χ1v) is 2.89. The van der Waals surface area contributed by atoms with Crippen LogP contribution in [0.4, 0.5) is 0 Å². The molecule has 2 aliphatic carbocycles. The molecule has 1 nitrogen and oxygen atoms in total. The van der Waals surface area contributed by atoms with E-state index < -0.39 is 0 Å². The van der Waals surface area contributed by atoms with Gasteiger partial charge in [-0.3, -0.25) is 0 Å². The van der Waals surface area contributed by atoms with Crippen molar-refractivity contribution in [3.05, 3.63) is 0 Å². The van der Waals surface area contributed by atoms with Gasteiger partial charge in [0.25, 0.3) is 0 Å². The largest absolute Gasteiger partial charge is 0.390 e. The van der Waals surface area contributed by atoms with E-state index in [1.165, 1.54) is 12.8 Å². The molecule has 1 spiro atoms. The Morgan fingerprint density at radius 2 is 1.86 bits per heavy atom. The van der Waals surface area contributed by atoms with E-state index in [1.807, 2.05) is 6.92 Å². The fourth-order valence-corrected chi connectivity index (χ4v) is 1.48. The zero-order chi connectivity index (χ0) is 5.12. The van der Waals surface area contributed by atoms with Crippen molar-refractivity contribution in [1.82, 2.24) is 0 Å². The van der Waals surface area contributed by atoms with Gasteiger partial charge in [0, 0.05) is 5.41 Å². The van der Waals surface area contributed by atoms with E-state index in [0.717, 1.165) is 6.42 Å².